The number of piperidine rings is 1. The van der Waals surface area contributed by atoms with Gasteiger partial charge in [-0.1, -0.05) is 17.9 Å². The molecule has 60 heavy (non-hydrogen) atoms. The van der Waals surface area contributed by atoms with Crippen molar-refractivity contribution in [3.05, 3.63) is 69.9 Å². The number of carbonyl (C=O) groups is 3. The summed E-state index contributed by atoms with van der Waals surface area (Å²) in [5, 5.41) is 4.82. The van der Waals surface area contributed by atoms with Crippen LogP contribution in [0.5, 0.6) is 0 Å². The molecular weight excluding hydrogens is 775 g/mol. The molecule has 3 aromatic rings. The predicted molar refractivity (Wildman–Crippen MR) is 224 cm³/mol. The Bertz CT molecular complexity index is 2300. The number of nitrogens with two attached hydrogens (primary N) is 2. The van der Waals surface area contributed by atoms with Crippen LogP contribution in [0.1, 0.15) is 68.8 Å². The molecule has 0 bridgehead atoms. The molecule has 318 valence electrons. The zero-order valence-electron chi connectivity index (χ0n) is 33.8. The molecule has 3 saturated heterocycles. The number of rotatable bonds is 11. The van der Waals surface area contributed by atoms with Crippen molar-refractivity contribution in [3.63, 3.8) is 0 Å². The number of halogens is 2. The summed E-state index contributed by atoms with van der Waals surface area (Å²) in [6, 6.07) is 6.41. The SMILES string of the molecule is Cn1c(=O)n(C2CCC(=O)NC2=O)c2cccc(C#CCN3CCN(CC4CCC(N=C/C(NC(=O)/C(=C/N)c5nccc(N6CCCC6)n5)=C(\N)C(F)F)CC4)CC3)c21. The van der Waals surface area contributed by atoms with Crippen LogP contribution < -0.4 is 32.7 Å². The monoisotopic (exact) mass is 826 g/mol. The van der Waals surface area contributed by atoms with E-state index in [0.29, 0.717) is 34.9 Å². The van der Waals surface area contributed by atoms with E-state index in [-0.39, 0.29) is 47.6 Å². The summed E-state index contributed by atoms with van der Waals surface area (Å²) < 4.78 is 30.6. The molecule has 6 N–H and O–H groups in total. The third kappa shape index (κ3) is 9.58. The van der Waals surface area contributed by atoms with E-state index in [2.05, 4.69) is 52.1 Å². The first-order valence-corrected chi connectivity index (χ1v) is 20.6. The molecule has 18 heteroatoms. The van der Waals surface area contributed by atoms with Crippen molar-refractivity contribution in [2.45, 2.75) is 69.9 Å². The number of aryl methyl sites for hydroxylation is 1. The highest BCUT2D eigenvalue weighted by Gasteiger charge is 2.32. The number of imide groups is 1. The summed E-state index contributed by atoms with van der Waals surface area (Å²) in [5.41, 5.74) is 12.1. The molecule has 3 aliphatic heterocycles. The number of aliphatic imine (C=N–C) groups is 1. The van der Waals surface area contributed by atoms with Crippen molar-refractivity contribution in [2.24, 2.45) is 29.4 Å². The number of alkyl halides is 2. The summed E-state index contributed by atoms with van der Waals surface area (Å²) in [6.07, 6.45) is 6.80. The number of para-hydroxylation sites is 1. The minimum absolute atomic E-state index is 0.0679. The normalized spacial score (nSPS) is 22.6. The van der Waals surface area contributed by atoms with E-state index in [9.17, 15) is 28.0 Å². The molecule has 0 radical (unpaired) electrons. The predicted octanol–water partition coefficient (Wildman–Crippen LogP) is 1.86. The Balaban J connectivity index is 0.883. The lowest BCUT2D eigenvalue weighted by Crippen LogP contribution is -2.48. The van der Waals surface area contributed by atoms with Gasteiger partial charge in [-0.3, -0.25) is 38.7 Å². The van der Waals surface area contributed by atoms with Crippen molar-refractivity contribution >= 4 is 46.4 Å². The van der Waals surface area contributed by atoms with Crippen LogP contribution in [0.3, 0.4) is 0 Å². The molecule has 5 heterocycles. The molecule has 3 amide bonds. The number of hydrogen-bond donors (Lipinski definition) is 4. The van der Waals surface area contributed by atoms with E-state index in [4.69, 9.17) is 11.5 Å². The van der Waals surface area contributed by atoms with Crippen LogP contribution >= 0.6 is 0 Å². The summed E-state index contributed by atoms with van der Waals surface area (Å²) >= 11 is 0. The fraction of sp³-hybridized carbons (Fsp3) is 0.500. The molecule has 7 rings (SSSR count). The second kappa shape index (κ2) is 19.0. The van der Waals surface area contributed by atoms with Gasteiger partial charge in [-0.15, -0.1) is 0 Å². The molecule has 1 aliphatic carbocycles. The molecule has 1 aromatic carbocycles. The molecule has 16 nitrogen and oxygen atoms in total. The number of aromatic nitrogens is 4. The van der Waals surface area contributed by atoms with E-state index < -0.39 is 30.0 Å². The van der Waals surface area contributed by atoms with E-state index in [1.807, 2.05) is 12.1 Å². The minimum Gasteiger partial charge on any atom is -0.404 e. The first-order chi connectivity index (χ1) is 29.0. The lowest BCUT2D eigenvalue weighted by Gasteiger charge is -2.37. The van der Waals surface area contributed by atoms with E-state index >= 15 is 0 Å². The average molecular weight is 827 g/mol. The van der Waals surface area contributed by atoms with Gasteiger partial charge in [-0.25, -0.2) is 23.5 Å². The highest BCUT2D eigenvalue weighted by Crippen LogP contribution is 2.28. The highest BCUT2D eigenvalue weighted by atomic mass is 19.3. The van der Waals surface area contributed by atoms with E-state index in [1.165, 1.54) is 21.5 Å². The molecule has 2 aromatic heterocycles. The number of fused-ring (bicyclic) bond motifs is 1. The first kappa shape index (κ1) is 42.2. The number of carbonyl (C=O) groups excluding carboxylic acids is 3. The van der Waals surface area contributed by atoms with Crippen LogP contribution in [-0.2, 0) is 21.4 Å². The van der Waals surface area contributed by atoms with Gasteiger partial charge in [0, 0.05) is 77.9 Å². The number of anilines is 1. The summed E-state index contributed by atoms with van der Waals surface area (Å²) in [7, 11) is 1.67. The van der Waals surface area contributed by atoms with Crippen LogP contribution in [0.4, 0.5) is 14.6 Å². The summed E-state index contributed by atoms with van der Waals surface area (Å²) in [6.45, 7) is 6.78. The quantitative estimate of drug-likeness (QED) is 0.0952. The Morgan fingerprint density at radius 3 is 2.47 bits per heavy atom. The minimum atomic E-state index is -3.01. The van der Waals surface area contributed by atoms with Crippen molar-refractivity contribution in [1.82, 2.24) is 39.5 Å². The largest absolute Gasteiger partial charge is 0.404 e. The number of benzene rings is 1. The van der Waals surface area contributed by atoms with Gasteiger partial charge < -0.3 is 26.6 Å². The second-order valence-electron chi connectivity index (χ2n) is 15.8. The Morgan fingerprint density at radius 1 is 1.03 bits per heavy atom. The molecule has 1 saturated carbocycles. The number of amides is 3. The maximum absolute atomic E-state index is 13.8. The second-order valence-corrected chi connectivity index (χ2v) is 15.8. The molecule has 0 spiro atoms. The van der Waals surface area contributed by atoms with Crippen LogP contribution in [-0.4, -0.2) is 118 Å². The lowest BCUT2D eigenvalue weighted by molar-refractivity contribution is -0.135. The lowest BCUT2D eigenvalue weighted by atomic mass is 9.86. The zero-order chi connectivity index (χ0) is 42.3. The number of imidazole rings is 1. The number of hydrogen-bond acceptors (Lipinski definition) is 12. The van der Waals surface area contributed by atoms with Crippen LogP contribution in [0.2, 0.25) is 0 Å². The van der Waals surface area contributed by atoms with Gasteiger partial charge in [0.1, 0.15) is 17.6 Å². The number of nitrogens with zero attached hydrogens (tertiary/aromatic N) is 8. The Hall–Kier alpha value is -5.93. The number of nitrogens with one attached hydrogen (secondary N) is 2. The summed E-state index contributed by atoms with van der Waals surface area (Å²) in [5.74, 6) is 6.21. The maximum atomic E-state index is 13.8. The fourth-order valence-electron chi connectivity index (χ4n) is 8.51. The van der Waals surface area contributed by atoms with Crippen molar-refractivity contribution in [2.75, 3.05) is 57.3 Å². The number of allylic oxidation sites excluding steroid dienone is 2. The molecule has 4 fully saturated rings. The molecule has 1 atom stereocenters. The molecular formula is C42H52F2N12O4. The Morgan fingerprint density at radius 2 is 1.77 bits per heavy atom. The van der Waals surface area contributed by atoms with Gasteiger partial charge in [0.2, 0.25) is 11.8 Å². The maximum Gasteiger partial charge on any atom is 0.329 e. The zero-order valence-corrected chi connectivity index (χ0v) is 33.8. The van der Waals surface area contributed by atoms with Gasteiger partial charge in [0.05, 0.1) is 40.5 Å². The van der Waals surface area contributed by atoms with Gasteiger partial charge >= 0.3 is 5.69 Å². The van der Waals surface area contributed by atoms with Gasteiger partial charge in [0.25, 0.3) is 12.3 Å². The van der Waals surface area contributed by atoms with Crippen LogP contribution in [0.25, 0.3) is 16.6 Å². The molecule has 4 aliphatic rings. The van der Waals surface area contributed by atoms with Gasteiger partial charge in [-0.05, 0) is 69.1 Å². The third-order valence-corrected chi connectivity index (χ3v) is 11.9. The smallest absolute Gasteiger partial charge is 0.329 e. The van der Waals surface area contributed by atoms with E-state index in [0.717, 1.165) is 90.5 Å². The Labute approximate surface area is 346 Å². The third-order valence-electron chi connectivity index (χ3n) is 11.9. The summed E-state index contributed by atoms with van der Waals surface area (Å²) in [4.78, 5) is 71.0. The fourth-order valence-corrected chi connectivity index (χ4v) is 8.51. The van der Waals surface area contributed by atoms with Gasteiger partial charge in [0.15, 0.2) is 5.82 Å². The molecule has 1 unspecified atom stereocenters. The van der Waals surface area contributed by atoms with Crippen molar-refractivity contribution in [1.29, 1.82) is 0 Å². The highest BCUT2D eigenvalue weighted by molar-refractivity contribution is 6.19. The van der Waals surface area contributed by atoms with Crippen LogP contribution in [0, 0.1) is 17.8 Å². The standard InChI is InChI=1S/C42H52F2N12O4/c1-52-37-28(6-4-8-32(37)56(42(52)60)33-13-14-35(57)51-41(33)59)7-5-17-53-20-22-54(23-21-53)26-27-9-11-29(12-10-27)48-25-31(36(46)38(43)44)49-40(58)30(24-45)39-47-16-15-34(50-39)55-18-2-3-19-55/h4,6,8,15-16,24-25,27,29,33,38H,2-3,9-14,17-23,26,45-46H2,1H3,(H,49,58)(H,51,57,59)/b30-24+,36-31+,48-25?. The van der Waals surface area contributed by atoms with Gasteiger partial charge in [-0.2, -0.15) is 0 Å². The Kier molecular flexibility index (Phi) is 13.3. The topological polar surface area (TPSA) is 202 Å². The number of piperazine rings is 1. The van der Waals surface area contributed by atoms with Crippen LogP contribution in [0.15, 0.2) is 57.8 Å². The van der Waals surface area contributed by atoms with E-state index in [1.54, 1.807) is 19.2 Å². The first-order valence-electron chi connectivity index (χ1n) is 20.6. The van der Waals surface area contributed by atoms with Crippen molar-refractivity contribution in [3.8, 4) is 11.8 Å². The van der Waals surface area contributed by atoms with Crippen molar-refractivity contribution < 1.29 is 23.2 Å². The average Bonchev–Trinajstić information content (AvgIpc) is 3.88.